The molecule has 0 aliphatic rings. The summed E-state index contributed by atoms with van der Waals surface area (Å²) in [5, 5.41) is 11.8. The van der Waals surface area contributed by atoms with E-state index in [4.69, 9.17) is 29.9 Å². The largest absolute Gasteiger partial charge is 0.208 e. The molecule has 0 unspecified atom stereocenters. The molecule has 0 aliphatic heterocycles. The maximum atomic E-state index is 9.59. The highest BCUT2D eigenvalue weighted by Crippen LogP contribution is 2.41. The summed E-state index contributed by atoms with van der Waals surface area (Å²) in [4.78, 5) is 30.5. The number of rotatable bonds is 9. The number of nitriles is 1. The molecule has 0 radical (unpaired) electrons. The van der Waals surface area contributed by atoms with Crippen LogP contribution < -0.4 is 0 Å². The second kappa shape index (κ2) is 17.5. The fraction of sp³-hybridized carbons (Fsp3) is 0. The van der Waals surface area contributed by atoms with Gasteiger partial charge in [-0.05, 0) is 74.5 Å². The van der Waals surface area contributed by atoms with Crippen LogP contribution >= 0.6 is 0 Å². The molecule has 7 nitrogen and oxygen atoms in total. The fourth-order valence-electron chi connectivity index (χ4n) is 8.28. The van der Waals surface area contributed by atoms with Gasteiger partial charge in [-0.3, -0.25) is 0 Å². The standard InChI is InChI=1S/C59H37N7/c60-38-39-27-29-41(30-28-39)46-33-34-51(53(37-46)47-23-14-24-48(36-47)57-62-54(42-16-4-1-5-17-42)61-55(63-57)43-18-6-2-7-19-43)50-25-12-13-26-52(50)59-65-56(44-20-8-3-9-21-44)64-58(66-59)49-32-31-40-15-10-11-22-45(40)35-49/h1-37H. The predicted molar refractivity (Wildman–Crippen MR) is 264 cm³/mol. The van der Waals surface area contributed by atoms with Crippen LogP contribution in [0.4, 0.5) is 0 Å². The first kappa shape index (κ1) is 39.6. The lowest BCUT2D eigenvalue weighted by Crippen LogP contribution is -2.01. The van der Waals surface area contributed by atoms with Gasteiger partial charge in [0.1, 0.15) is 0 Å². The quantitative estimate of drug-likeness (QED) is 0.143. The van der Waals surface area contributed by atoms with Crippen LogP contribution in [0.2, 0.25) is 0 Å². The minimum absolute atomic E-state index is 0.561. The molecule has 0 bridgehead atoms. The van der Waals surface area contributed by atoms with Gasteiger partial charge in [-0.15, -0.1) is 0 Å². The Bertz CT molecular complexity index is 3530. The molecular weight excluding hydrogens is 807 g/mol. The number of aromatic nitrogens is 6. The van der Waals surface area contributed by atoms with Crippen LogP contribution in [0.3, 0.4) is 0 Å². The molecule has 66 heavy (non-hydrogen) atoms. The molecule has 0 amide bonds. The van der Waals surface area contributed by atoms with Gasteiger partial charge in [0.05, 0.1) is 11.6 Å². The van der Waals surface area contributed by atoms with Gasteiger partial charge < -0.3 is 0 Å². The Morgan fingerprint density at radius 2 is 0.667 bits per heavy atom. The Morgan fingerprint density at radius 1 is 0.242 bits per heavy atom. The number of nitrogens with zero attached hydrogens (tertiary/aromatic N) is 7. The summed E-state index contributed by atoms with van der Waals surface area (Å²) in [6.45, 7) is 0. The van der Waals surface area contributed by atoms with Crippen molar-refractivity contribution in [1.82, 2.24) is 29.9 Å². The summed E-state index contributed by atoms with van der Waals surface area (Å²) < 4.78 is 0. The van der Waals surface area contributed by atoms with E-state index < -0.39 is 0 Å². The Morgan fingerprint density at radius 3 is 1.26 bits per heavy atom. The zero-order valence-corrected chi connectivity index (χ0v) is 35.5. The predicted octanol–water partition coefficient (Wildman–Crippen LogP) is 14.1. The van der Waals surface area contributed by atoms with Gasteiger partial charge in [0, 0.05) is 33.4 Å². The molecule has 0 fully saturated rings. The van der Waals surface area contributed by atoms with Gasteiger partial charge >= 0.3 is 0 Å². The first-order valence-corrected chi connectivity index (χ1v) is 21.7. The molecule has 0 spiro atoms. The molecule has 2 heterocycles. The molecule has 11 aromatic rings. The van der Waals surface area contributed by atoms with Gasteiger partial charge in [0.2, 0.25) is 0 Å². The molecule has 0 aliphatic carbocycles. The van der Waals surface area contributed by atoms with E-state index in [9.17, 15) is 5.26 Å². The molecule has 308 valence electrons. The zero-order chi connectivity index (χ0) is 44.2. The lowest BCUT2D eigenvalue weighted by Gasteiger charge is -2.17. The summed E-state index contributed by atoms with van der Waals surface area (Å²) in [6, 6.07) is 77.8. The van der Waals surface area contributed by atoms with Crippen LogP contribution in [-0.4, -0.2) is 29.9 Å². The molecule has 9 aromatic carbocycles. The number of benzene rings is 9. The number of fused-ring (bicyclic) bond motifs is 1. The van der Waals surface area contributed by atoms with Gasteiger partial charge in [-0.25, -0.2) is 29.9 Å². The minimum Gasteiger partial charge on any atom is -0.208 e. The Balaban J connectivity index is 1.09. The average molecular weight is 844 g/mol. The van der Waals surface area contributed by atoms with E-state index in [1.54, 1.807) is 0 Å². The maximum Gasteiger partial charge on any atom is 0.164 e. The Kier molecular flexibility index (Phi) is 10.5. The molecular formula is C59H37N7. The zero-order valence-electron chi connectivity index (χ0n) is 35.5. The third kappa shape index (κ3) is 7.98. The van der Waals surface area contributed by atoms with Crippen molar-refractivity contribution in [2.45, 2.75) is 0 Å². The molecule has 0 saturated carbocycles. The molecule has 0 saturated heterocycles. The van der Waals surface area contributed by atoms with Gasteiger partial charge in [-0.2, -0.15) is 5.26 Å². The molecule has 0 atom stereocenters. The summed E-state index contributed by atoms with van der Waals surface area (Å²) in [6.07, 6.45) is 0. The first-order chi connectivity index (χ1) is 32.6. The highest BCUT2D eigenvalue weighted by atomic mass is 15.0. The van der Waals surface area contributed by atoms with E-state index in [0.29, 0.717) is 40.5 Å². The topological polar surface area (TPSA) is 101 Å². The van der Waals surface area contributed by atoms with Crippen LogP contribution in [0.15, 0.2) is 224 Å². The molecule has 0 N–H and O–H groups in total. The van der Waals surface area contributed by atoms with Gasteiger partial charge in [0.25, 0.3) is 0 Å². The summed E-state index contributed by atoms with van der Waals surface area (Å²) in [5.41, 5.74) is 11.8. The van der Waals surface area contributed by atoms with Crippen molar-refractivity contribution >= 4 is 10.8 Å². The highest BCUT2D eigenvalue weighted by Gasteiger charge is 2.20. The number of hydrogen-bond donors (Lipinski definition) is 0. The smallest absolute Gasteiger partial charge is 0.164 e. The Labute approximate surface area is 382 Å². The average Bonchev–Trinajstić information content (AvgIpc) is 3.41. The van der Waals surface area contributed by atoms with Crippen molar-refractivity contribution in [3.05, 3.63) is 230 Å². The van der Waals surface area contributed by atoms with E-state index in [2.05, 4.69) is 91.0 Å². The van der Waals surface area contributed by atoms with Crippen molar-refractivity contribution in [2.75, 3.05) is 0 Å². The van der Waals surface area contributed by atoms with Crippen molar-refractivity contribution in [2.24, 2.45) is 0 Å². The van der Waals surface area contributed by atoms with Gasteiger partial charge in [0.15, 0.2) is 34.9 Å². The second-order valence-electron chi connectivity index (χ2n) is 15.8. The van der Waals surface area contributed by atoms with Crippen LogP contribution in [0.25, 0.3) is 112 Å². The van der Waals surface area contributed by atoms with Crippen LogP contribution in [0.5, 0.6) is 0 Å². The number of hydrogen-bond acceptors (Lipinski definition) is 7. The third-order valence-electron chi connectivity index (χ3n) is 11.6. The second-order valence-corrected chi connectivity index (χ2v) is 15.8. The van der Waals surface area contributed by atoms with Crippen LogP contribution in [-0.2, 0) is 0 Å². The summed E-state index contributed by atoms with van der Waals surface area (Å²) >= 11 is 0. The lowest BCUT2D eigenvalue weighted by molar-refractivity contribution is 1.07. The van der Waals surface area contributed by atoms with Crippen molar-refractivity contribution < 1.29 is 0 Å². The summed E-state index contributed by atoms with van der Waals surface area (Å²) in [7, 11) is 0. The fourth-order valence-corrected chi connectivity index (χ4v) is 8.28. The van der Waals surface area contributed by atoms with E-state index in [0.717, 1.165) is 77.5 Å². The molecule has 11 rings (SSSR count). The molecule has 2 aromatic heterocycles. The van der Waals surface area contributed by atoms with E-state index in [-0.39, 0.29) is 0 Å². The van der Waals surface area contributed by atoms with Crippen molar-refractivity contribution in [3.8, 4) is 108 Å². The van der Waals surface area contributed by atoms with E-state index in [1.165, 1.54) is 0 Å². The maximum absolute atomic E-state index is 9.59. The monoisotopic (exact) mass is 843 g/mol. The lowest BCUT2D eigenvalue weighted by atomic mass is 9.88. The molecule has 7 heteroatoms. The van der Waals surface area contributed by atoms with Gasteiger partial charge in [-0.1, -0.05) is 194 Å². The first-order valence-electron chi connectivity index (χ1n) is 21.7. The van der Waals surface area contributed by atoms with Crippen LogP contribution in [0.1, 0.15) is 5.56 Å². The normalized spacial score (nSPS) is 11.0. The van der Waals surface area contributed by atoms with E-state index in [1.807, 2.05) is 140 Å². The minimum atomic E-state index is 0.561. The van der Waals surface area contributed by atoms with E-state index >= 15 is 0 Å². The SMILES string of the molecule is N#Cc1ccc(-c2ccc(-c3ccccc3-c3nc(-c4ccccc4)nc(-c4ccc5ccccc5c4)n3)c(-c3cccc(-c4nc(-c5ccccc5)nc(-c5ccccc5)n4)c3)c2)cc1. The third-order valence-corrected chi connectivity index (χ3v) is 11.6. The van der Waals surface area contributed by atoms with Crippen molar-refractivity contribution in [3.63, 3.8) is 0 Å². The van der Waals surface area contributed by atoms with Crippen LogP contribution in [0, 0.1) is 11.3 Å². The highest BCUT2D eigenvalue weighted by molar-refractivity contribution is 5.94. The summed E-state index contributed by atoms with van der Waals surface area (Å²) in [5.74, 6) is 3.49. The van der Waals surface area contributed by atoms with Crippen molar-refractivity contribution in [1.29, 1.82) is 5.26 Å². The Hall–Kier alpha value is -9.25.